The van der Waals surface area contributed by atoms with Gasteiger partial charge in [0.1, 0.15) is 0 Å². The molecular formula is C23H29N3O3. The van der Waals surface area contributed by atoms with Crippen molar-refractivity contribution in [3.8, 4) is 11.5 Å². The summed E-state index contributed by atoms with van der Waals surface area (Å²) in [4.78, 5) is 13.8. The number of rotatable bonds is 5. The number of aryl methyl sites for hydroxylation is 1. The zero-order valence-corrected chi connectivity index (χ0v) is 17.1. The third-order valence-electron chi connectivity index (χ3n) is 6.20. The summed E-state index contributed by atoms with van der Waals surface area (Å²) in [5, 5.41) is 0. The zero-order valence-electron chi connectivity index (χ0n) is 17.1. The molecule has 0 radical (unpaired) electrons. The van der Waals surface area contributed by atoms with Crippen LogP contribution < -0.4 is 20.9 Å². The van der Waals surface area contributed by atoms with Crippen LogP contribution in [0.25, 0.3) is 0 Å². The smallest absolute Gasteiger partial charge is 0.255 e. The van der Waals surface area contributed by atoms with Crippen molar-refractivity contribution in [2.75, 3.05) is 26.8 Å². The second-order valence-electron chi connectivity index (χ2n) is 8.10. The molecule has 0 spiro atoms. The molecule has 1 fully saturated rings. The van der Waals surface area contributed by atoms with Gasteiger partial charge in [0.15, 0.2) is 18.1 Å². The third-order valence-corrected chi connectivity index (χ3v) is 6.20. The molecule has 2 aromatic carbocycles. The Kier molecular flexibility index (Phi) is 5.48. The molecule has 0 saturated carbocycles. The van der Waals surface area contributed by atoms with E-state index in [0.717, 1.165) is 31.5 Å². The molecule has 0 aromatic heterocycles. The maximum absolute atomic E-state index is 11.2. The van der Waals surface area contributed by atoms with Gasteiger partial charge in [-0.05, 0) is 37.0 Å². The second-order valence-corrected chi connectivity index (χ2v) is 8.10. The van der Waals surface area contributed by atoms with E-state index in [1.54, 1.807) is 7.11 Å². The number of fused-ring (bicyclic) bond motifs is 3. The van der Waals surface area contributed by atoms with E-state index in [2.05, 4.69) is 42.2 Å². The number of piperidine rings is 1. The molecular weight excluding hydrogens is 366 g/mol. The van der Waals surface area contributed by atoms with Crippen LogP contribution in [0.2, 0.25) is 0 Å². The first kappa shape index (κ1) is 19.7. The summed E-state index contributed by atoms with van der Waals surface area (Å²) in [6.07, 6.45) is 1.72. The Hall–Kier alpha value is -2.57. The number of primary amides is 1. The summed E-state index contributed by atoms with van der Waals surface area (Å²) < 4.78 is 11.2. The average molecular weight is 396 g/mol. The lowest BCUT2D eigenvalue weighted by Gasteiger charge is -2.46. The predicted molar refractivity (Wildman–Crippen MR) is 112 cm³/mol. The van der Waals surface area contributed by atoms with Crippen LogP contribution in [0.5, 0.6) is 11.5 Å². The fourth-order valence-electron chi connectivity index (χ4n) is 4.82. The van der Waals surface area contributed by atoms with Crippen LogP contribution in [0.4, 0.5) is 0 Å². The standard InChI is InChI=1S/C23H29N3O3/c1-14-4-3-5-15(10-14)18-12-26-9-8-17-16(20(26)11-19(18)24)6-7-21(28-2)23(17)29-13-22(25)27/h3-7,10,18-20H,8-9,11-13,24H2,1-2H3,(H2,25,27)/t18-,19+,20?/m1/s1. The van der Waals surface area contributed by atoms with Gasteiger partial charge in [0.25, 0.3) is 5.91 Å². The van der Waals surface area contributed by atoms with E-state index in [-0.39, 0.29) is 18.7 Å². The molecule has 2 heterocycles. The van der Waals surface area contributed by atoms with E-state index in [0.29, 0.717) is 17.4 Å². The molecule has 6 heteroatoms. The third kappa shape index (κ3) is 3.82. The van der Waals surface area contributed by atoms with Crippen LogP contribution in [-0.4, -0.2) is 43.7 Å². The fraction of sp³-hybridized carbons (Fsp3) is 0.435. The number of methoxy groups -OCH3 is 1. The van der Waals surface area contributed by atoms with Crippen LogP contribution in [0.1, 0.15) is 40.6 Å². The number of hydrogen-bond donors (Lipinski definition) is 2. The van der Waals surface area contributed by atoms with E-state index >= 15 is 0 Å². The SMILES string of the molecule is COc1ccc2c(c1OCC(N)=O)CCN1C[C@H](c3cccc(C)c3)[C@@H](N)CC21. The Labute approximate surface area is 171 Å². The van der Waals surface area contributed by atoms with Crippen molar-refractivity contribution >= 4 is 5.91 Å². The van der Waals surface area contributed by atoms with Gasteiger partial charge in [-0.15, -0.1) is 0 Å². The summed E-state index contributed by atoms with van der Waals surface area (Å²) in [5.74, 6) is 1.10. The van der Waals surface area contributed by atoms with E-state index in [4.69, 9.17) is 20.9 Å². The minimum atomic E-state index is -0.497. The lowest BCUT2D eigenvalue weighted by atomic mass is 9.78. The van der Waals surface area contributed by atoms with Crippen LogP contribution in [0, 0.1) is 6.92 Å². The number of amides is 1. The monoisotopic (exact) mass is 395 g/mol. The molecule has 0 bridgehead atoms. The van der Waals surface area contributed by atoms with Crippen molar-refractivity contribution in [2.24, 2.45) is 11.5 Å². The van der Waals surface area contributed by atoms with Gasteiger partial charge in [-0.2, -0.15) is 0 Å². The Morgan fingerprint density at radius 1 is 1.28 bits per heavy atom. The van der Waals surface area contributed by atoms with Crippen molar-refractivity contribution in [3.63, 3.8) is 0 Å². The van der Waals surface area contributed by atoms with Gasteiger partial charge in [0.05, 0.1) is 7.11 Å². The molecule has 6 nitrogen and oxygen atoms in total. The molecule has 154 valence electrons. The van der Waals surface area contributed by atoms with Gasteiger partial charge in [0, 0.05) is 36.7 Å². The highest BCUT2D eigenvalue weighted by Gasteiger charge is 2.39. The molecule has 0 aliphatic carbocycles. The van der Waals surface area contributed by atoms with Crippen molar-refractivity contribution in [1.29, 1.82) is 0 Å². The normalized spacial score (nSPS) is 23.8. The highest BCUT2D eigenvalue weighted by Crippen LogP contribution is 2.45. The predicted octanol–water partition coefficient (Wildman–Crippen LogP) is 2.28. The number of nitrogens with zero attached hydrogens (tertiary/aromatic N) is 1. The van der Waals surface area contributed by atoms with Crippen LogP contribution in [0.15, 0.2) is 36.4 Å². The molecule has 2 aliphatic heterocycles. The van der Waals surface area contributed by atoms with Crippen molar-refractivity contribution in [3.05, 3.63) is 58.7 Å². The van der Waals surface area contributed by atoms with Gasteiger partial charge >= 0.3 is 0 Å². The number of carbonyl (C=O) groups is 1. The van der Waals surface area contributed by atoms with E-state index in [1.165, 1.54) is 16.7 Å². The lowest BCUT2D eigenvalue weighted by molar-refractivity contribution is -0.119. The molecule has 1 amide bonds. The quantitative estimate of drug-likeness (QED) is 0.811. The number of hydrogen-bond acceptors (Lipinski definition) is 5. The topological polar surface area (TPSA) is 90.8 Å². The van der Waals surface area contributed by atoms with Crippen molar-refractivity contribution in [1.82, 2.24) is 4.90 Å². The number of benzene rings is 2. The van der Waals surface area contributed by atoms with Gasteiger partial charge in [-0.1, -0.05) is 35.9 Å². The summed E-state index contributed by atoms with van der Waals surface area (Å²) in [6, 6.07) is 13.0. The van der Waals surface area contributed by atoms with Crippen LogP contribution in [-0.2, 0) is 11.2 Å². The maximum Gasteiger partial charge on any atom is 0.255 e. The average Bonchev–Trinajstić information content (AvgIpc) is 2.71. The summed E-state index contributed by atoms with van der Waals surface area (Å²) >= 11 is 0. The zero-order chi connectivity index (χ0) is 20.5. The minimum absolute atomic E-state index is 0.0843. The van der Waals surface area contributed by atoms with Crippen molar-refractivity contribution < 1.29 is 14.3 Å². The molecule has 2 aliphatic rings. The Morgan fingerprint density at radius 3 is 2.83 bits per heavy atom. The van der Waals surface area contributed by atoms with Gasteiger partial charge in [-0.3, -0.25) is 9.69 Å². The summed E-state index contributed by atoms with van der Waals surface area (Å²) in [6.45, 7) is 3.83. The largest absolute Gasteiger partial charge is 0.493 e. The minimum Gasteiger partial charge on any atom is -0.493 e. The Morgan fingerprint density at radius 2 is 2.10 bits per heavy atom. The molecule has 4 N–H and O–H groups in total. The highest BCUT2D eigenvalue weighted by molar-refractivity contribution is 5.75. The Bertz CT molecular complexity index is 914. The van der Waals surface area contributed by atoms with Gasteiger partial charge in [-0.25, -0.2) is 0 Å². The molecule has 3 atom stereocenters. The lowest BCUT2D eigenvalue weighted by Crippen LogP contribution is -2.49. The second kappa shape index (κ2) is 8.05. The van der Waals surface area contributed by atoms with E-state index in [9.17, 15) is 4.79 Å². The van der Waals surface area contributed by atoms with E-state index in [1.807, 2.05) is 6.07 Å². The first-order valence-electron chi connectivity index (χ1n) is 10.1. The van der Waals surface area contributed by atoms with Gasteiger partial charge in [0.2, 0.25) is 0 Å². The highest BCUT2D eigenvalue weighted by atomic mass is 16.5. The first-order chi connectivity index (χ1) is 14.0. The number of ether oxygens (including phenoxy) is 2. The molecule has 1 unspecified atom stereocenters. The number of carbonyl (C=O) groups excluding carboxylic acids is 1. The van der Waals surface area contributed by atoms with Crippen molar-refractivity contribution in [2.45, 2.75) is 37.8 Å². The number of nitrogens with two attached hydrogens (primary N) is 2. The van der Waals surface area contributed by atoms with Crippen LogP contribution in [0.3, 0.4) is 0 Å². The fourth-order valence-corrected chi connectivity index (χ4v) is 4.82. The molecule has 2 aromatic rings. The first-order valence-corrected chi connectivity index (χ1v) is 10.1. The molecule has 29 heavy (non-hydrogen) atoms. The summed E-state index contributed by atoms with van der Waals surface area (Å²) in [7, 11) is 1.61. The van der Waals surface area contributed by atoms with Gasteiger partial charge < -0.3 is 20.9 Å². The molecule has 1 saturated heterocycles. The Balaban J connectivity index is 1.63. The molecule has 4 rings (SSSR count). The summed E-state index contributed by atoms with van der Waals surface area (Å²) in [5.41, 5.74) is 16.9. The van der Waals surface area contributed by atoms with Crippen LogP contribution >= 0.6 is 0 Å². The maximum atomic E-state index is 11.2. The van der Waals surface area contributed by atoms with E-state index < -0.39 is 5.91 Å².